The van der Waals surface area contributed by atoms with Crippen molar-refractivity contribution >= 4 is 11.3 Å². The molecule has 0 spiro atoms. The van der Waals surface area contributed by atoms with Crippen molar-refractivity contribution in [2.75, 3.05) is 20.1 Å². The summed E-state index contributed by atoms with van der Waals surface area (Å²) in [5.74, 6) is 0. The Labute approximate surface area is 123 Å². The molecule has 0 bridgehead atoms. The second-order valence-corrected chi connectivity index (χ2v) is 6.35. The van der Waals surface area contributed by atoms with Gasteiger partial charge in [0.2, 0.25) is 0 Å². The van der Waals surface area contributed by atoms with Gasteiger partial charge in [0.25, 0.3) is 0 Å². The summed E-state index contributed by atoms with van der Waals surface area (Å²) >= 11 is 1.79. The van der Waals surface area contributed by atoms with E-state index in [1.807, 2.05) is 30.7 Å². The average molecular weight is 288 g/mol. The third-order valence-electron chi connectivity index (χ3n) is 3.77. The van der Waals surface area contributed by atoms with Crippen molar-refractivity contribution in [3.63, 3.8) is 0 Å². The van der Waals surface area contributed by atoms with Crippen LogP contribution in [0.5, 0.6) is 0 Å². The Hall–Kier alpha value is -1.30. The summed E-state index contributed by atoms with van der Waals surface area (Å²) in [5.41, 5.74) is 1.16. The number of nitrogens with zero attached hydrogens (tertiary/aromatic N) is 3. The number of thiazole rings is 1. The van der Waals surface area contributed by atoms with Gasteiger partial charge in [-0.1, -0.05) is 0 Å². The lowest BCUT2D eigenvalue weighted by molar-refractivity contribution is 0.189. The fraction of sp³-hybridized carbons (Fsp3) is 0.467. The van der Waals surface area contributed by atoms with E-state index in [1.165, 1.54) is 24.3 Å². The Bertz CT molecular complexity index is 540. The topological polar surface area (TPSA) is 41.0 Å². The molecule has 0 saturated carbocycles. The first kappa shape index (κ1) is 13.7. The monoisotopic (exact) mass is 288 g/mol. The Balaban J connectivity index is 1.65. The Morgan fingerprint density at radius 1 is 1.40 bits per heavy atom. The number of hydrogen-bond acceptors (Lipinski definition) is 5. The van der Waals surface area contributed by atoms with Crippen molar-refractivity contribution in [1.82, 2.24) is 20.2 Å². The molecule has 1 N–H and O–H groups in total. The summed E-state index contributed by atoms with van der Waals surface area (Å²) in [6.45, 7) is 3.35. The molecule has 106 valence electrons. The van der Waals surface area contributed by atoms with Crippen LogP contribution in [-0.2, 0) is 6.54 Å². The van der Waals surface area contributed by atoms with Crippen molar-refractivity contribution in [2.24, 2.45) is 0 Å². The van der Waals surface area contributed by atoms with Gasteiger partial charge in [-0.2, -0.15) is 0 Å². The maximum atomic E-state index is 4.54. The van der Waals surface area contributed by atoms with Crippen molar-refractivity contribution < 1.29 is 0 Å². The Morgan fingerprint density at radius 2 is 2.25 bits per heavy atom. The summed E-state index contributed by atoms with van der Waals surface area (Å²) in [6.07, 6.45) is 8.22. The van der Waals surface area contributed by atoms with Gasteiger partial charge in [-0.05, 0) is 38.6 Å². The molecule has 20 heavy (non-hydrogen) atoms. The van der Waals surface area contributed by atoms with Crippen LogP contribution in [0.2, 0.25) is 0 Å². The number of likely N-dealkylation sites (tertiary alicyclic amines) is 1. The molecule has 1 atom stereocenters. The van der Waals surface area contributed by atoms with Gasteiger partial charge in [0, 0.05) is 48.2 Å². The number of likely N-dealkylation sites (N-methyl/N-ethyl adjacent to an activating group) is 1. The van der Waals surface area contributed by atoms with Crippen LogP contribution in [0.1, 0.15) is 17.7 Å². The van der Waals surface area contributed by atoms with Crippen molar-refractivity contribution in [1.29, 1.82) is 0 Å². The Kier molecular flexibility index (Phi) is 4.40. The van der Waals surface area contributed by atoms with Gasteiger partial charge in [0.1, 0.15) is 5.01 Å². The molecule has 1 fully saturated rings. The van der Waals surface area contributed by atoms with Crippen molar-refractivity contribution in [2.45, 2.75) is 25.4 Å². The lowest BCUT2D eigenvalue weighted by atomic mass is 10.1. The smallest absolute Gasteiger partial charge is 0.123 e. The fourth-order valence-corrected chi connectivity index (χ4v) is 3.62. The predicted octanol–water partition coefficient (Wildman–Crippen LogP) is 2.39. The highest BCUT2D eigenvalue weighted by Crippen LogP contribution is 2.26. The van der Waals surface area contributed by atoms with Crippen LogP contribution in [0.15, 0.2) is 30.7 Å². The summed E-state index contributed by atoms with van der Waals surface area (Å²) in [4.78, 5) is 12.5. The minimum absolute atomic E-state index is 0.635. The van der Waals surface area contributed by atoms with Crippen molar-refractivity contribution in [3.8, 4) is 10.6 Å². The van der Waals surface area contributed by atoms with Gasteiger partial charge in [0.05, 0.1) is 0 Å². The van der Waals surface area contributed by atoms with Gasteiger partial charge in [-0.25, -0.2) is 4.98 Å². The molecular formula is C15H20N4S. The van der Waals surface area contributed by atoms with E-state index in [0.29, 0.717) is 6.04 Å². The molecule has 1 saturated heterocycles. The highest BCUT2D eigenvalue weighted by molar-refractivity contribution is 7.15. The van der Waals surface area contributed by atoms with E-state index in [2.05, 4.69) is 27.2 Å². The number of aromatic nitrogens is 2. The molecule has 3 heterocycles. The second kappa shape index (κ2) is 6.43. The number of piperidine rings is 1. The molecule has 1 aliphatic rings. The van der Waals surface area contributed by atoms with E-state index >= 15 is 0 Å². The number of rotatable bonds is 4. The van der Waals surface area contributed by atoms with Crippen molar-refractivity contribution in [3.05, 3.63) is 35.6 Å². The van der Waals surface area contributed by atoms with Gasteiger partial charge < -0.3 is 5.32 Å². The normalized spacial score (nSPS) is 20.1. The largest absolute Gasteiger partial charge is 0.316 e. The maximum absolute atomic E-state index is 4.54. The molecule has 4 nitrogen and oxygen atoms in total. The molecule has 3 rings (SSSR count). The highest BCUT2D eigenvalue weighted by Gasteiger charge is 2.19. The molecule has 0 aliphatic carbocycles. The summed E-state index contributed by atoms with van der Waals surface area (Å²) in [6, 6.07) is 4.66. The molecule has 1 aliphatic heterocycles. The minimum Gasteiger partial charge on any atom is -0.316 e. The molecule has 0 aromatic carbocycles. The first-order valence-electron chi connectivity index (χ1n) is 7.10. The van der Waals surface area contributed by atoms with Gasteiger partial charge in [-0.15, -0.1) is 11.3 Å². The van der Waals surface area contributed by atoms with Crippen LogP contribution in [0.4, 0.5) is 0 Å². The van der Waals surface area contributed by atoms with Gasteiger partial charge in [0.15, 0.2) is 0 Å². The molecule has 5 heteroatoms. The average Bonchev–Trinajstić information content (AvgIpc) is 2.97. The van der Waals surface area contributed by atoms with Gasteiger partial charge >= 0.3 is 0 Å². The molecule has 0 amide bonds. The first-order valence-corrected chi connectivity index (χ1v) is 7.91. The SMILES string of the molecule is CNC1CCCN(Cc2cnc(-c3ccncc3)s2)C1. The fourth-order valence-electron chi connectivity index (χ4n) is 2.66. The summed E-state index contributed by atoms with van der Waals surface area (Å²) < 4.78 is 0. The zero-order valence-corrected chi connectivity index (χ0v) is 12.6. The third-order valence-corrected chi connectivity index (χ3v) is 4.81. The van der Waals surface area contributed by atoms with Crippen LogP contribution >= 0.6 is 11.3 Å². The Morgan fingerprint density at radius 3 is 3.05 bits per heavy atom. The van der Waals surface area contributed by atoms with Crippen LogP contribution < -0.4 is 5.32 Å². The summed E-state index contributed by atoms with van der Waals surface area (Å²) in [5, 5.41) is 4.48. The van der Waals surface area contributed by atoms with E-state index < -0.39 is 0 Å². The molecule has 2 aromatic heterocycles. The van der Waals surface area contributed by atoms with E-state index in [4.69, 9.17) is 0 Å². The maximum Gasteiger partial charge on any atom is 0.123 e. The van der Waals surface area contributed by atoms with E-state index in [0.717, 1.165) is 23.7 Å². The molecule has 1 unspecified atom stereocenters. The molecule has 2 aromatic rings. The standard InChI is InChI=1S/C15H20N4S/c1-16-13-3-2-8-19(10-13)11-14-9-18-15(20-14)12-4-6-17-7-5-12/h4-7,9,13,16H,2-3,8,10-11H2,1H3. The first-order chi connectivity index (χ1) is 9.85. The molecule has 0 radical (unpaired) electrons. The third kappa shape index (κ3) is 3.23. The van der Waals surface area contributed by atoms with Crippen LogP contribution in [0.25, 0.3) is 10.6 Å². The van der Waals surface area contributed by atoms with Crippen LogP contribution in [0, 0.1) is 0 Å². The minimum atomic E-state index is 0.635. The predicted molar refractivity (Wildman–Crippen MR) is 82.7 cm³/mol. The lowest BCUT2D eigenvalue weighted by Gasteiger charge is -2.32. The second-order valence-electron chi connectivity index (χ2n) is 5.23. The highest BCUT2D eigenvalue weighted by atomic mass is 32.1. The quantitative estimate of drug-likeness (QED) is 0.938. The van der Waals surface area contributed by atoms with E-state index in [-0.39, 0.29) is 0 Å². The number of hydrogen-bond donors (Lipinski definition) is 1. The van der Waals surface area contributed by atoms with Gasteiger partial charge in [-0.3, -0.25) is 9.88 Å². The van der Waals surface area contributed by atoms with E-state index in [9.17, 15) is 0 Å². The van der Waals surface area contributed by atoms with Crippen LogP contribution in [-0.4, -0.2) is 41.0 Å². The lowest BCUT2D eigenvalue weighted by Crippen LogP contribution is -2.43. The van der Waals surface area contributed by atoms with E-state index in [1.54, 1.807) is 11.3 Å². The zero-order chi connectivity index (χ0) is 13.8. The number of nitrogens with one attached hydrogen (secondary N) is 1. The van der Waals surface area contributed by atoms with Crippen LogP contribution in [0.3, 0.4) is 0 Å². The zero-order valence-electron chi connectivity index (χ0n) is 11.7. The molecular weight excluding hydrogens is 268 g/mol. The number of pyridine rings is 1. The summed E-state index contributed by atoms with van der Waals surface area (Å²) in [7, 11) is 2.06.